The highest BCUT2D eigenvalue weighted by molar-refractivity contribution is 5.86. The molecule has 1 atom stereocenters. The van der Waals surface area contributed by atoms with Crippen LogP contribution in [-0.2, 0) is 6.54 Å². The Balaban J connectivity index is 2.27. The molecule has 0 bridgehead atoms. The van der Waals surface area contributed by atoms with Gasteiger partial charge in [0.15, 0.2) is 0 Å². The van der Waals surface area contributed by atoms with Crippen molar-refractivity contribution in [3.63, 3.8) is 0 Å². The second-order valence-electron chi connectivity index (χ2n) is 4.98. The number of hydrogen-bond donors (Lipinski definition) is 0. The SMILES string of the molecule is CCCC(C)Cn1ccc2c(OCC)cccc21. The summed E-state index contributed by atoms with van der Waals surface area (Å²) in [6.45, 7) is 8.40. The summed E-state index contributed by atoms with van der Waals surface area (Å²) < 4.78 is 8.02. The molecule has 0 aliphatic carbocycles. The van der Waals surface area contributed by atoms with E-state index in [1.54, 1.807) is 0 Å². The summed E-state index contributed by atoms with van der Waals surface area (Å²) in [5, 5.41) is 1.23. The predicted octanol–water partition coefficient (Wildman–Crippen LogP) is 4.48. The minimum atomic E-state index is 0.719. The minimum Gasteiger partial charge on any atom is -0.493 e. The van der Waals surface area contributed by atoms with E-state index < -0.39 is 0 Å². The second kappa shape index (κ2) is 5.94. The average molecular weight is 245 g/mol. The van der Waals surface area contributed by atoms with Crippen LogP contribution in [0.5, 0.6) is 5.75 Å². The molecule has 1 aromatic heterocycles. The van der Waals surface area contributed by atoms with Gasteiger partial charge in [0.05, 0.1) is 12.1 Å². The van der Waals surface area contributed by atoms with Gasteiger partial charge >= 0.3 is 0 Å². The van der Waals surface area contributed by atoms with Crippen molar-refractivity contribution in [3.05, 3.63) is 30.5 Å². The first-order valence-corrected chi connectivity index (χ1v) is 6.96. The van der Waals surface area contributed by atoms with Crippen LogP contribution in [0, 0.1) is 5.92 Å². The van der Waals surface area contributed by atoms with E-state index in [2.05, 4.69) is 42.8 Å². The molecule has 1 heterocycles. The zero-order valence-electron chi connectivity index (χ0n) is 11.6. The van der Waals surface area contributed by atoms with E-state index in [0.717, 1.165) is 24.8 Å². The standard InChI is InChI=1S/C16H23NO/c1-4-7-13(3)12-17-11-10-14-15(17)8-6-9-16(14)18-5-2/h6,8-11,13H,4-5,7,12H2,1-3H3. The number of rotatable bonds is 6. The molecule has 98 valence electrons. The molecule has 0 radical (unpaired) electrons. The predicted molar refractivity (Wildman–Crippen MR) is 77.2 cm³/mol. The number of aromatic nitrogens is 1. The fourth-order valence-electron chi connectivity index (χ4n) is 2.56. The largest absolute Gasteiger partial charge is 0.493 e. The van der Waals surface area contributed by atoms with Gasteiger partial charge in [-0.25, -0.2) is 0 Å². The summed E-state index contributed by atoms with van der Waals surface area (Å²) in [7, 11) is 0. The van der Waals surface area contributed by atoms with Crippen molar-refractivity contribution in [2.24, 2.45) is 5.92 Å². The minimum absolute atomic E-state index is 0.719. The van der Waals surface area contributed by atoms with Gasteiger partial charge in [-0.3, -0.25) is 0 Å². The van der Waals surface area contributed by atoms with Gasteiger partial charge in [-0.1, -0.05) is 26.3 Å². The van der Waals surface area contributed by atoms with Crippen molar-refractivity contribution in [2.75, 3.05) is 6.61 Å². The van der Waals surface area contributed by atoms with E-state index >= 15 is 0 Å². The molecular formula is C16H23NO. The maximum Gasteiger partial charge on any atom is 0.128 e. The maximum atomic E-state index is 5.67. The summed E-state index contributed by atoms with van der Waals surface area (Å²) in [5.41, 5.74) is 1.28. The third-order valence-electron chi connectivity index (χ3n) is 3.36. The van der Waals surface area contributed by atoms with Crippen LogP contribution in [-0.4, -0.2) is 11.2 Å². The molecule has 2 heteroatoms. The molecule has 18 heavy (non-hydrogen) atoms. The molecule has 0 saturated carbocycles. The lowest BCUT2D eigenvalue weighted by Crippen LogP contribution is -2.06. The lowest BCUT2D eigenvalue weighted by Gasteiger charge is -2.13. The Kier molecular flexibility index (Phi) is 4.29. The van der Waals surface area contributed by atoms with Crippen molar-refractivity contribution in [3.8, 4) is 5.75 Å². The first kappa shape index (κ1) is 13.0. The first-order valence-electron chi connectivity index (χ1n) is 6.96. The fourth-order valence-corrected chi connectivity index (χ4v) is 2.56. The number of nitrogens with zero attached hydrogens (tertiary/aromatic N) is 1. The second-order valence-corrected chi connectivity index (χ2v) is 4.98. The van der Waals surface area contributed by atoms with Crippen molar-refractivity contribution in [2.45, 2.75) is 40.2 Å². The molecule has 0 aliphatic rings. The Hall–Kier alpha value is -1.44. The third kappa shape index (κ3) is 2.69. The smallest absolute Gasteiger partial charge is 0.128 e. The monoisotopic (exact) mass is 245 g/mol. The third-order valence-corrected chi connectivity index (χ3v) is 3.36. The lowest BCUT2D eigenvalue weighted by atomic mass is 10.1. The van der Waals surface area contributed by atoms with Crippen molar-refractivity contribution >= 4 is 10.9 Å². The van der Waals surface area contributed by atoms with Crippen molar-refractivity contribution in [1.82, 2.24) is 4.57 Å². The Morgan fingerprint density at radius 1 is 1.22 bits per heavy atom. The topological polar surface area (TPSA) is 14.2 Å². The Morgan fingerprint density at radius 3 is 2.78 bits per heavy atom. The number of ether oxygens (including phenoxy) is 1. The summed E-state index contributed by atoms with van der Waals surface area (Å²) in [5.74, 6) is 1.72. The van der Waals surface area contributed by atoms with Gasteiger partial charge in [-0.2, -0.15) is 0 Å². The van der Waals surface area contributed by atoms with Crippen LogP contribution < -0.4 is 4.74 Å². The molecule has 0 fully saturated rings. The van der Waals surface area contributed by atoms with Gasteiger partial charge in [0.1, 0.15) is 5.75 Å². The highest BCUT2D eigenvalue weighted by Gasteiger charge is 2.08. The molecule has 1 aromatic carbocycles. The highest BCUT2D eigenvalue weighted by Crippen LogP contribution is 2.27. The van der Waals surface area contributed by atoms with E-state index in [4.69, 9.17) is 4.74 Å². The number of benzene rings is 1. The molecular weight excluding hydrogens is 222 g/mol. The van der Waals surface area contributed by atoms with Gasteiger partial charge < -0.3 is 9.30 Å². The van der Waals surface area contributed by atoms with Crippen LogP contribution in [0.3, 0.4) is 0 Å². The van der Waals surface area contributed by atoms with Crippen LogP contribution in [0.15, 0.2) is 30.5 Å². The van der Waals surface area contributed by atoms with Crippen LogP contribution in [0.25, 0.3) is 10.9 Å². The zero-order chi connectivity index (χ0) is 13.0. The van der Waals surface area contributed by atoms with Gasteiger partial charge in [0.25, 0.3) is 0 Å². The van der Waals surface area contributed by atoms with E-state index in [0.29, 0.717) is 0 Å². The summed E-state index contributed by atoms with van der Waals surface area (Å²) in [4.78, 5) is 0. The highest BCUT2D eigenvalue weighted by atomic mass is 16.5. The van der Waals surface area contributed by atoms with Crippen molar-refractivity contribution < 1.29 is 4.74 Å². The van der Waals surface area contributed by atoms with Crippen LogP contribution >= 0.6 is 0 Å². The molecule has 2 nitrogen and oxygen atoms in total. The zero-order valence-corrected chi connectivity index (χ0v) is 11.6. The summed E-state index contributed by atoms with van der Waals surface area (Å²) in [6, 6.07) is 8.47. The Morgan fingerprint density at radius 2 is 2.06 bits per heavy atom. The average Bonchev–Trinajstić information content (AvgIpc) is 2.74. The summed E-state index contributed by atoms with van der Waals surface area (Å²) in [6.07, 6.45) is 4.72. The van der Waals surface area contributed by atoms with E-state index in [-0.39, 0.29) is 0 Å². The van der Waals surface area contributed by atoms with E-state index in [1.165, 1.54) is 23.7 Å². The van der Waals surface area contributed by atoms with Gasteiger partial charge in [-0.05, 0) is 37.5 Å². The molecule has 0 N–H and O–H groups in total. The Labute approximate surface area is 110 Å². The van der Waals surface area contributed by atoms with Gasteiger partial charge in [0.2, 0.25) is 0 Å². The van der Waals surface area contributed by atoms with E-state index in [1.807, 2.05) is 13.0 Å². The quantitative estimate of drug-likeness (QED) is 0.732. The first-order chi connectivity index (χ1) is 8.76. The molecule has 2 aromatic rings. The van der Waals surface area contributed by atoms with Gasteiger partial charge in [-0.15, -0.1) is 0 Å². The lowest BCUT2D eigenvalue weighted by molar-refractivity contribution is 0.344. The van der Waals surface area contributed by atoms with Crippen LogP contribution in [0.1, 0.15) is 33.6 Å². The molecule has 0 saturated heterocycles. The Bertz CT molecular complexity index is 501. The van der Waals surface area contributed by atoms with E-state index in [9.17, 15) is 0 Å². The molecule has 0 spiro atoms. The van der Waals surface area contributed by atoms with Crippen LogP contribution in [0.4, 0.5) is 0 Å². The number of hydrogen-bond acceptors (Lipinski definition) is 1. The van der Waals surface area contributed by atoms with Gasteiger partial charge in [0, 0.05) is 18.1 Å². The summed E-state index contributed by atoms with van der Waals surface area (Å²) >= 11 is 0. The van der Waals surface area contributed by atoms with Crippen LogP contribution in [0.2, 0.25) is 0 Å². The molecule has 1 unspecified atom stereocenters. The maximum absolute atomic E-state index is 5.67. The molecule has 0 aliphatic heterocycles. The normalized spacial score (nSPS) is 12.8. The number of fused-ring (bicyclic) bond motifs is 1. The molecule has 0 amide bonds. The molecule has 2 rings (SSSR count). The van der Waals surface area contributed by atoms with Crippen molar-refractivity contribution in [1.29, 1.82) is 0 Å². The fraction of sp³-hybridized carbons (Fsp3) is 0.500.